The van der Waals surface area contributed by atoms with E-state index in [4.69, 9.17) is 39.8 Å². The Hall–Kier alpha value is -6.83. The SMILES string of the molecule is COP(O)(=S)OCCCCCCNC(=O)CCC(=O)N1Cc2ccccc2-c2c(nnn2CCOCCOCCOCCOCCC(=O)Nc2ccc3sc(C(=O)Nc4ccccc4C(=O)NC4CCCCNC4=O)cc3c2)-c2ccccc21. The van der Waals surface area contributed by atoms with E-state index in [0.717, 1.165) is 64.6 Å². The number of benzene rings is 4. The smallest absolute Gasteiger partial charge is 0.324 e. The van der Waals surface area contributed by atoms with Crippen molar-refractivity contribution < 1.29 is 61.7 Å². The number of hydrogen-bond acceptors (Lipinski definition) is 16. The lowest BCUT2D eigenvalue weighted by Gasteiger charge is -2.28. The van der Waals surface area contributed by atoms with E-state index in [0.29, 0.717) is 120 Å². The topological polar surface area (TPSA) is 272 Å². The molecule has 2 aliphatic heterocycles. The number of rotatable bonds is 32. The van der Waals surface area contributed by atoms with Crippen molar-refractivity contribution in [3.8, 4) is 22.5 Å². The van der Waals surface area contributed by atoms with Crippen LogP contribution in [-0.2, 0) is 72.1 Å². The van der Waals surface area contributed by atoms with E-state index in [-0.39, 0.29) is 61.0 Å². The number of hydrogen-bond donors (Lipinski definition) is 6. The van der Waals surface area contributed by atoms with E-state index in [1.165, 1.54) is 18.4 Å². The first-order valence-electron chi connectivity index (χ1n) is 28.2. The Kier molecular flexibility index (Phi) is 24.4. The highest BCUT2D eigenvalue weighted by Crippen LogP contribution is 2.43. The van der Waals surface area contributed by atoms with Gasteiger partial charge in [-0.15, -0.1) is 16.4 Å². The molecule has 6 amide bonds. The molecule has 2 aromatic heterocycles. The van der Waals surface area contributed by atoms with Crippen LogP contribution >= 0.6 is 18.1 Å². The first-order valence-corrected chi connectivity index (χ1v) is 31.6. The van der Waals surface area contributed by atoms with Gasteiger partial charge in [0.15, 0.2) is 0 Å². The summed E-state index contributed by atoms with van der Waals surface area (Å²) >= 11 is 6.12. The Morgan fingerprint density at radius 2 is 1.46 bits per heavy atom. The second-order valence-corrected chi connectivity index (χ2v) is 23.9. The van der Waals surface area contributed by atoms with Crippen LogP contribution in [0, 0.1) is 0 Å². The maximum atomic E-state index is 13.9. The zero-order chi connectivity index (χ0) is 59.1. The van der Waals surface area contributed by atoms with E-state index in [2.05, 4.69) is 36.9 Å². The molecule has 0 aliphatic carbocycles. The number of fused-ring (bicyclic) bond motifs is 6. The lowest BCUT2D eigenvalue weighted by molar-refractivity contribution is -0.125. The van der Waals surface area contributed by atoms with Crippen molar-refractivity contribution in [1.29, 1.82) is 0 Å². The standard InChI is InChI=1S/C59H72N9O13PS2/c1-76-82(75,83)81-29-13-3-2-11-26-60-52(69)23-24-54(71)67-40-41-14-4-5-15-44(41)56-55(46-17-7-9-20-49(46)67)65-66-68(56)28-31-78-33-35-80-37-36-79-34-32-77-30-25-53(70)62-43-21-22-50-42(38-43)39-51(84-50)59(74)63-47-18-8-6-16-45(47)57(72)64-48-19-10-12-27-61-58(48)73/h4-9,14-18,20-22,38-39,48H,2-3,10-13,19,23-37,40H2,1H3,(H,60,69)(H,61,73)(H,62,70)(H,63,74)(H,64,72)(H,75,83). The van der Waals surface area contributed by atoms with E-state index >= 15 is 0 Å². The Morgan fingerprint density at radius 1 is 0.750 bits per heavy atom. The van der Waals surface area contributed by atoms with Crippen molar-refractivity contribution in [2.24, 2.45) is 0 Å². The van der Waals surface area contributed by atoms with Gasteiger partial charge in [-0.05, 0) is 97.3 Å². The summed E-state index contributed by atoms with van der Waals surface area (Å²) < 4.78 is 35.6. The van der Waals surface area contributed by atoms with Crippen LogP contribution in [0.1, 0.15) is 89.8 Å². The third-order valence-corrected chi connectivity index (χ3v) is 16.7. The summed E-state index contributed by atoms with van der Waals surface area (Å²) in [6.45, 7) is 1.57. The van der Waals surface area contributed by atoms with Gasteiger partial charge in [0.2, 0.25) is 23.6 Å². The molecule has 1 saturated heterocycles. The van der Waals surface area contributed by atoms with Crippen LogP contribution in [0.3, 0.4) is 0 Å². The molecule has 6 N–H and O–H groups in total. The number of carbonyl (C=O) groups excluding carboxylic acids is 6. The van der Waals surface area contributed by atoms with Crippen molar-refractivity contribution in [3.05, 3.63) is 113 Å². The number of amides is 6. The van der Waals surface area contributed by atoms with Crippen LogP contribution in [0.15, 0.2) is 97.1 Å². The molecule has 84 heavy (non-hydrogen) atoms. The number of carbonyl (C=O) groups is 6. The van der Waals surface area contributed by atoms with Gasteiger partial charge >= 0.3 is 6.72 Å². The predicted molar refractivity (Wildman–Crippen MR) is 323 cm³/mol. The number of para-hydroxylation sites is 2. The lowest BCUT2D eigenvalue weighted by Crippen LogP contribution is -2.45. The molecule has 0 bridgehead atoms. The Morgan fingerprint density at radius 3 is 2.26 bits per heavy atom. The predicted octanol–water partition coefficient (Wildman–Crippen LogP) is 7.76. The second-order valence-electron chi connectivity index (χ2n) is 19.8. The normalized spacial score (nSPS) is 14.6. The van der Waals surface area contributed by atoms with Crippen molar-refractivity contribution in [1.82, 2.24) is 30.9 Å². The van der Waals surface area contributed by atoms with Gasteiger partial charge in [0, 0.05) is 54.6 Å². The summed E-state index contributed by atoms with van der Waals surface area (Å²) in [6.07, 6.45) is 5.61. The first kappa shape index (κ1) is 63.2. The molecule has 4 aromatic carbocycles. The van der Waals surface area contributed by atoms with Crippen LogP contribution in [0.5, 0.6) is 0 Å². The third kappa shape index (κ3) is 18.6. The minimum Gasteiger partial charge on any atom is -0.379 e. The van der Waals surface area contributed by atoms with E-state index < -0.39 is 18.7 Å². The Balaban J connectivity index is 0.686. The molecule has 448 valence electrons. The molecule has 0 spiro atoms. The highest BCUT2D eigenvalue weighted by Gasteiger charge is 2.30. The van der Waals surface area contributed by atoms with Crippen molar-refractivity contribution in [2.45, 2.75) is 83.3 Å². The minimum atomic E-state index is -3.14. The van der Waals surface area contributed by atoms with Gasteiger partial charge in [-0.1, -0.05) is 72.7 Å². The molecule has 4 heterocycles. The summed E-state index contributed by atoms with van der Waals surface area (Å²) in [5, 5.41) is 24.2. The molecule has 1 fully saturated rings. The number of nitrogens with zero attached hydrogens (tertiary/aromatic N) is 4. The number of nitrogens with one attached hydrogen (secondary N) is 5. The van der Waals surface area contributed by atoms with Crippen molar-refractivity contribution in [3.63, 3.8) is 0 Å². The van der Waals surface area contributed by atoms with Crippen LogP contribution in [0.25, 0.3) is 32.6 Å². The molecule has 25 heteroatoms. The summed E-state index contributed by atoms with van der Waals surface area (Å²) in [6, 6.07) is 28.6. The van der Waals surface area contributed by atoms with Gasteiger partial charge in [0.1, 0.15) is 11.7 Å². The highest BCUT2D eigenvalue weighted by atomic mass is 32.5. The second kappa shape index (κ2) is 32.4. The van der Waals surface area contributed by atoms with Gasteiger partial charge in [-0.2, -0.15) is 0 Å². The van der Waals surface area contributed by atoms with Crippen molar-refractivity contribution >= 4 is 92.5 Å². The van der Waals surface area contributed by atoms with Crippen molar-refractivity contribution in [2.75, 3.05) is 95.2 Å². The van der Waals surface area contributed by atoms with Crippen LogP contribution in [-0.4, -0.2) is 141 Å². The lowest BCUT2D eigenvalue weighted by atomic mass is 9.95. The minimum absolute atomic E-state index is 0.0297. The summed E-state index contributed by atoms with van der Waals surface area (Å²) in [5.74, 6) is -1.65. The Bertz CT molecular complexity index is 3270. The molecular formula is C59H72N9O13PS2. The molecule has 6 aromatic rings. The Labute approximate surface area is 496 Å². The van der Waals surface area contributed by atoms with E-state index in [9.17, 15) is 33.7 Å². The van der Waals surface area contributed by atoms with Gasteiger partial charge < -0.3 is 64.4 Å². The van der Waals surface area contributed by atoms with Gasteiger partial charge in [0.05, 0.1) is 106 Å². The molecule has 2 atom stereocenters. The number of aromatic nitrogens is 3. The average Bonchev–Trinajstić information content (AvgIpc) is 3.19. The van der Waals surface area contributed by atoms with E-state index in [1.807, 2.05) is 59.3 Å². The monoisotopic (exact) mass is 1210 g/mol. The zero-order valence-corrected chi connectivity index (χ0v) is 49.5. The molecule has 0 radical (unpaired) electrons. The maximum Gasteiger partial charge on any atom is 0.324 e. The van der Waals surface area contributed by atoms with Gasteiger partial charge in [0.25, 0.3) is 11.8 Å². The van der Waals surface area contributed by atoms with Gasteiger partial charge in [-0.3, -0.25) is 28.8 Å². The fourth-order valence-corrected chi connectivity index (χ4v) is 11.1. The maximum absolute atomic E-state index is 13.9. The largest absolute Gasteiger partial charge is 0.379 e. The summed E-state index contributed by atoms with van der Waals surface area (Å²) in [4.78, 5) is 90.4. The average molecular weight is 1210 g/mol. The quantitative estimate of drug-likeness (QED) is 0.0174. The van der Waals surface area contributed by atoms with Gasteiger partial charge in [-0.25, -0.2) is 4.68 Å². The molecule has 8 rings (SSSR count). The summed E-state index contributed by atoms with van der Waals surface area (Å²) in [5.41, 5.74) is 5.86. The van der Waals surface area contributed by atoms with E-state index in [1.54, 1.807) is 47.4 Å². The molecule has 0 saturated carbocycles. The number of thiophene rings is 1. The first-order chi connectivity index (χ1) is 40.9. The number of ether oxygens (including phenoxy) is 4. The fourth-order valence-electron chi connectivity index (χ4n) is 9.50. The number of anilines is 3. The molecule has 2 unspecified atom stereocenters. The molecular weight excluding hydrogens is 1140 g/mol. The number of unbranched alkanes of at least 4 members (excludes halogenated alkanes) is 3. The zero-order valence-electron chi connectivity index (χ0n) is 47.0. The fraction of sp³-hybridized carbons (Fsp3) is 0.424. The molecule has 22 nitrogen and oxygen atoms in total. The van der Waals surface area contributed by atoms with Crippen LogP contribution < -0.4 is 31.5 Å². The summed E-state index contributed by atoms with van der Waals surface area (Å²) in [7, 11) is 1.32. The molecule has 2 aliphatic rings. The highest BCUT2D eigenvalue weighted by molar-refractivity contribution is 8.07. The van der Waals surface area contributed by atoms with Crippen LogP contribution in [0.4, 0.5) is 17.1 Å². The third-order valence-electron chi connectivity index (χ3n) is 13.9. The van der Waals surface area contributed by atoms with Crippen LogP contribution in [0.2, 0.25) is 0 Å².